The van der Waals surface area contributed by atoms with Crippen molar-refractivity contribution >= 4 is 28.2 Å². The van der Waals surface area contributed by atoms with Gasteiger partial charge < -0.3 is 24.4 Å². The van der Waals surface area contributed by atoms with E-state index >= 15 is 0 Å². The predicted molar refractivity (Wildman–Crippen MR) is 152 cm³/mol. The minimum Gasteiger partial charge on any atom is -0.372 e. The van der Waals surface area contributed by atoms with Gasteiger partial charge in [0.25, 0.3) is 0 Å². The molecule has 4 aromatic rings. The average molecular weight is 498 g/mol. The molecule has 0 spiro atoms. The molecule has 0 aliphatic heterocycles. The minimum absolute atomic E-state index is 0.241. The SMILES string of the molecule is C=CC(=O)Nc1cc(COCc2cc(-c3cn(C)c4ccccc34)ccn2)ccc1N(C)CCN(C)C. The minimum atomic E-state index is -0.241. The van der Waals surface area contributed by atoms with E-state index in [0.29, 0.717) is 13.2 Å². The number of nitrogens with one attached hydrogen (secondary N) is 1. The number of carbonyl (C=O) groups is 1. The van der Waals surface area contributed by atoms with Crippen molar-refractivity contribution in [2.75, 3.05) is 44.4 Å². The Bertz CT molecular complexity index is 1390. The van der Waals surface area contributed by atoms with Crippen molar-refractivity contribution in [2.24, 2.45) is 7.05 Å². The second-order valence-corrected chi connectivity index (χ2v) is 9.47. The summed E-state index contributed by atoms with van der Waals surface area (Å²) in [6.07, 6.45) is 5.26. The van der Waals surface area contributed by atoms with E-state index in [0.717, 1.165) is 41.3 Å². The zero-order valence-corrected chi connectivity index (χ0v) is 22.1. The summed E-state index contributed by atoms with van der Waals surface area (Å²) in [6.45, 7) is 6.10. The van der Waals surface area contributed by atoms with Crippen LogP contribution in [0.3, 0.4) is 0 Å². The summed E-state index contributed by atoms with van der Waals surface area (Å²) < 4.78 is 8.18. The van der Waals surface area contributed by atoms with Crippen LogP contribution in [-0.4, -0.2) is 54.6 Å². The first-order chi connectivity index (χ1) is 17.9. The highest BCUT2D eigenvalue weighted by Gasteiger charge is 2.12. The fourth-order valence-corrected chi connectivity index (χ4v) is 4.33. The summed E-state index contributed by atoms with van der Waals surface area (Å²) >= 11 is 0. The lowest BCUT2D eigenvalue weighted by Crippen LogP contribution is -2.29. The quantitative estimate of drug-likeness (QED) is 0.293. The van der Waals surface area contributed by atoms with Crippen molar-refractivity contribution in [3.63, 3.8) is 0 Å². The summed E-state index contributed by atoms with van der Waals surface area (Å²) in [5.74, 6) is -0.241. The Kier molecular flexibility index (Phi) is 8.38. The summed E-state index contributed by atoms with van der Waals surface area (Å²) in [5, 5.41) is 4.15. The van der Waals surface area contributed by atoms with Crippen LogP contribution in [0.5, 0.6) is 0 Å². The molecule has 1 amide bonds. The molecule has 0 bridgehead atoms. The molecule has 0 unspecified atom stereocenters. The van der Waals surface area contributed by atoms with E-state index < -0.39 is 0 Å². The molecule has 192 valence electrons. The number of hydrogen-bond acceptors (Lipinski definition) is 5. The average Bonchev–Trinajstić information content (AvgIpc) is 3.24. The van der Waals surface area contributed by atoms with Crippen LogP contribution in [0.25, 0.3) is 22.0 Å². The van der Waals surface area contributed by atoms with Gasteiger partial charge in [0, 0.05) is 56.0 Å². The Labute approximate surface area is 219 Å². The van der Waals surface area contributed by atoms with Gasteiger partial charge in [0.05, 0.1) is 30.3 Å². The van der Waals surface area contributed by atoms with Crippen molar-refractivity contribution in [2.45, 2.75) is 13.2 Å². The zero-order valence-electron chi connectivity index (χ0n) is 22.1. The van der Waals surface area contributed by atoms with Crippen LogP contribution in [-0.2, 0) is 29.8 Å². The molecule has 4 rings (SSSR count). The lowest BCUT2D eigenvalue weighted by atomic mass is 10.1. The number of aryl methyl sites for hydroxylation is 1. The third kappa shape index (κ3) is 6.44. The third-order valence-corrected chi connectivity index (χ3v) is 6.34. The fourth-order valence-electron chi connectivity index (χ4n) is 4.33. The standard InChI is InChI=1S/C30H35N5O2/c1-6-30(36)32-27-17-22(11-12-29(27)34(4)16-15-33(2)3)20-37-21-24-18-23(13-14-31-24)26-19-35(5)28-10-8-7-9-25(26)28/h6-14,17-19H,1,15-16,20-21H2,2-5H3,(H,32,36). The highest BCUT2D eigenvalue weighted by Crippen LogP contribution is 2.30. The number of para-hydroxylation sites is 1. The Morgan fingerprint density at radius 3 is 2.68 bits per heavy atom. The third-order valence-electron chi connectivity index (χ3n) is 6.34. The van der Waals surface area contributed by atoms with Gasteiger partial charge in [0.2, 0.25) is 5.91 Å². The van der Waals surface area contributed by atoms with Crippen molar-refractivity contribution in [3.8, 4) is 11.1 Å². The number of fused-ring (bicyclic) bond motifs is 1. The lowest BCUT2D eigenvalue weighted by molar-refractivity contribution is -0.111. The number of nitrogens with zero attached hydrogens (tertiary/aromatic N) is 4. The van der Waals surface area contributed by atoms with Crippen LogP contribution in [0, 0.1) is 0 Å². The summed E-state index contributed by atoms with van der Waals surface area (Å²) in [5.41, 5.74) is 7.01. The number of hydrogen-bond donors (Lipinski definition) is 1. The zero-order chi connectivity index (χ0) is 26.4. The van der Waals surface area contributed by atoms with Gasteiger partial charge in [0.15, 0.2) is 0 Å². The van der Waals surface area contributed by atoms with E-state index in [1.807, 2.05) is 51.6 Å². The van der Waals surface area contributed by atoms with Gasteiger partial charge in [-0.05, 0) is 61.6 Å². The van der Waals surface area contributed by atoms with Gasteiger partial charge in [-0.1, -0.05) is 30.8 Å². The van der Waals surface area contributed by atoms with Gasteiger partial charge in [-0.15, -0.1) is 0 Å². The maximum Gasteiger partial charge on any atom is 0.247 e. The molecule has 2 aromatic carbocycles. The molecule has 0 radical (unpaired) electrons. The van der Waals surface area contributed by atoms with E-state index in [4.69, 9.17) is 4.74 Å². The van der Waals surface area contributed by atoms with E-state index in [1.165, 1.54) is 22.5 Å². The maximum absolute atomic E-state index is 12.1. The van der Waals surface area contributed by atoms with Crippen LogP contribution in [0.2, 0.25) is 0 Å². The number of rotatable bonds is 11. The highest BCUT2D eigenvalue weighted by molar-refractivity contribution is 6.01. The van der Waals surface area contributed by atoms with Gasteiger partial charge in [-0.25, -0.2) is 0 Å². The number of benzene rings is 2. The van der Waals surface area contributed by atoms with Gasteiger partial charge in [-0.2, -0.15) is 0 Å². The van der Waals surface area contributed by atoms with Crippen molar-refractivity contribution in [3.05, 3.63) is 90.9 Å². The summed E-state index contributed by atoms with van der Waals surface area (Å²) in [4.78, 5) is 20.8. The maximum atomic E-state index is 12.1. The van der Waals surface area contributed by atoms with Crippen molar-refractivity contribution in [1.29, 1.82) is 0 Å². The van der Waals surface area contributed by atoms with E-state index in [2.05, 4.69) is 74.8 Å². The summed E-state index contributed by atoms with van der Waals surface area (Å²) in [6, 6.07) is 18.5. The molecular formula is C30H35N5O2. The van der Waals surface area contributed by atoms with Crippen LogP contribution >= 0.6 is 0 Å². The molecule has 2 heterocycles. The Morgan fingerprint density at radius 2 is 1.89 bits per heavy atom. The first-order valence-electron chi connectivity index (χ1n) is 12.3. The Hall–Kier alpha value is -3.94. The van der Waals surface area contributed by atoms with Crippen LogP contribution in [0.1, 0.15) is 11.3 Å². The Morgan fingerprint density at radius 1 is 1.08 bits per heavy atom. The molecule has 2 aromatic heterocycles. The van der Waals surface area contributed by atoms with E-state index in [9.17, 15) is 4.79 Å². The predicted octanol–water partition coefficient (Wildman–Crippen LogP) is 5.08. The van der Waals surface area contributed by atoms with Crippen molar-refractivity contribution < 1.29 is 9.53 Å². The number of ether oxygens (including phenoxy) is 1. The lowest BCUT2D eigenvalue weighted by Gasteiger charge is -2.24. The molecule has 7 heteroatoms. The summed E-state index contributed by atoms with van der Waals surface area (Å²) in [7, 11) is 8.17. The number of aromatic nitrogens is 2. The molecule has 0 saturated carbocycles. The number of pyridine rings is 1. The molecule has 0 atom stereocenters. The van der Waals surface area contributed by atoms with Crippen LogP contribution < -0.4 is 10.2 Å². The molecular weight excluding hydrogens is 462 g/mol. The monoisotopic (exact) mass is 497 g/mol. The van der Waals surface area contributed by atoms with E-state index in [-0.39, 0.29) is 5.91 Å². The number of carbonyl (C=O) groups excluding carboxylic acids is 1. The largest absolute Gasteiger partial charge is 0.372 e. The number of anilines is 2. The fraction of sp³-hybridized carbons (Fsp3) is 0.267. The molecule has 1 N–H and O–H groups in total. The smallest absolute Gasteiger partial charge is 0.247 e. The number of likely N-dealkylation sites (N-methyl/N-ethyl adjacent to an activating group) is 2. The normalized spacial score (nSPS) is 11.2. The van der Waals surface area contributed by atoms with Crippen LogP contribution in [0.15, 0.2) is 79.6 Å². The van der Waals surface area contributed by atoms with Gasteiger partial charge in [0.1, 0.15) is 0 Å². The van der Waals surface area contributed by atoms with Gasteiger partial charge in [-0.3, -0.25) is 9.78 Å². The second-order valence-electron chi connectivity index (χ2n) is 9.47. The second kappa shape index (κ2) is 11.9. The molecule has 0 aliphatic rings. The number of amides is 1. The van der Waals surface area contributed by atoms with E-state index in [1.54, 1.807) is 0 Å². The van der Waals surface area contributed by atoms with Gasteiger partial charge >= 0.3 is 0 Å². The molecule has 37 heavy (non-hydrogen) atoms. The van der Waals surface area contributed by atoms with Crippen LogP contribution in [0.4, 0.5) is 11.4 Å². The molecule has 0 aliphatic carbocycles. The molecule has 0 fully saturated rings. The first-order valence-corrected chi connectivity index (χ1v) is 12.3. The molecule has 7 nitrogen and oxygen atoms in total. The van der Waals surface area contributed by atoms with Crippen molar-refractivity contribution in [1.82, 2.24) is 14.5 Å². The highest BCUT2D eigenvalue weighted by atomic mass is 16.5. The molecule has 0 saturated heterocycles. The topological polar surface area (TPSA) is 62.6 Å². The first kappa shape index (κ1) is 26.1. The Balaban J connectivity index is 1.46.